The van der Waals surface area contributed by atoms with Crippen LogP contribution in [0.15, 0.2) is 36.5 Å². The molecular weight excluding hydrogens is 278 g/mol. The molecule has 5 heteroatoms. The predicted molar refractivity (Wildman–Crippen MR) is 76.8 cm³/mol. The fraction of sp³-hybridized carbons (Fsp3) is 0.200. The first-order chi connectivity index (χ1) is 9.47. The largest absolute Gasteiger partial charge is 0.478 e. The Labute approximate surface area is 122 Å². The van der Waals surface area contributed by atoms with Gasteiger partial charge in [0.2, 0.25) is 5.88 Å². The molecule has 0 spiro atoms. The van der Waals surface area contributed by atoms with Crippen LogP contribution >= 0.6 is 11.6 Å². The van der Waals surface area contributed by atoms with Gasteiger partial charge in [0.05, 0.1) is 5.56 Å². The van der Waals surface area contributed by atoms with E-state index >= 15 is 0 Å². The normalized spacial score (nSPS) is 10.6. The van der Waals surface area contributed by atoms with Crippen molar-refractivity contribution in [3.05, 3.63) is 52.7 Å². The first-order valence-corrected chi connectivity index (χ1v) is 6.52. The maximum absolute atomic E-state index is 10.8. The maximum atomic E-state index is 10.8. The molecule has 1 N–H and O–H groups in total. The minimum Gasteiger partial charge on any atom is -0.478 e. The van der Waals surface area contributed by atoms with E-state index in [9.17, 15) is 4.79 Å². The van der Waals surface area contributed by atoms with Crippen LogP contribution in [-0.4, -0.2) is 16.1 Å². The van der Waals surface area contributed by atoms with Crippen molar-refractivity contribution in [1.82, 2.24) is 4.98 Å². The Balaban J connectivity index is 2.26. The van der Waals surface area contributed by atoms with E-state index in [1.54, 1.807) is 6.07 Å². The van der Waals surface area contributed by atoms with E-state index in [1.807, 2.05) is 18.2 Å². The Hall–Kier alpha value is -2.07. The molecule has 1 aromatic heterocycles. The third-order valence-corrected chi connectivity index (χ3v) is 3.06. The van der Waals surface area contributed by atoms with E-state index < -0.39 is 5.97 Å². The second kappa shape index (κ2) is 5.92. The molecule has 0 saturated carbocycles. The molecule has 1 aromatic carbocycles. The van der Waals surface area contributed by atoms with E-state index in [0.717, 1.165) is 5.56 Å². The molecule has 104 valence electrons. The Kier molecular flexibility index (Phi) is 4.25. The lowest BCUT2D eigenvalue weighted by atomic mass is 10.0. The number of carbonyl (C=O) groups is 1. The summed E-state index contributed by atoms with van der Waals surface area (Å²) < 4.78 is 5.60. The Morgan fingerprint density at radius 2 is 2.10 bits per heavy atom. The molecule has 1 heterocycles. The second-order valence-corrected chi connectivity index (χ2v) is 5.05. The molecule has 0 fully saturated rings. The molecular formula is C15H14ClNO3. The second-order valence-electron chi connectivity index (χ2n) is 4.65. The molecule has 0 radical (unpaired) electrons. The summed E-state index contributed by atoms with van der Waals surface area (Å²) >= 11 is 5.97. The summed E-state index contributed by atoms with van der Waals surface area (Å²) in [7, 11) is 0. The third kappa shape index (κ3) is 3.27. The van der Waals surface area contributed by atoms with Crippen LogP contribution in [0.4, 0.5) is 0 Å². The number of rotatable bonds is 4. The molecule has 0 aliphatic heterocycles. The number of pyridine rings is 1. The van der Waals surface area contributed by atoms with Crippen molar-refractivity contribution in [2.24, 2.45) is 0 Å². The summed E-state index contributed by atoms with van der Waals surface area (Å²) in [5.41, 5.74) is 1.17. The molecule has 0 bridgehead atoms. The number of benzene rings is 1. The van der Waals surface area contributed by atoms with Gasteiger partial charge in [-0.25, -0.2) is 9.78 Å². The highest BCUT2D eigenvalue weighted by atomic mass is 35.5. The van der Waals surface area contributed by atoms with Gasteiger partial charge in [-0.1, -0.05) is 37.6 Å². The standard InChI is InChI=1S/C15H14ClNO3/c1-9(2)10-4-3-5-12(6-10)20-14-13(16)7-11(8-17-14)15(18)19/h3-9H,1-2H3,(H,18,19). The summed E-state index contributed by atoms with van der Waals surface area (Å²) in [6.45, 7) is 4.18. The average Bonchev–Trinajstić information content (AvgIpc) is 2.41. The fourth-order valence-corrected chi connectivity index (χ4v) is 1.87. The van der Waals surface area contributed by atoms with Gasteiger partial charge in [0.25, 0.3) is 0 Å². The molecule has 4 nitrogen and oxygen atoms in total. The molecule has 20 heavy (non-hydrogen) atoms. The van der Waals surface area contributed by atoms with E-state index in [2.05, 4.69) is 18.8 Å². The molecule has 2 aromatic rings. The fourth-order valence-electron chi connectivity index (χ4n) is 1.67. The number of aromatic carboxylic acids is 1. The van der Waals surface area contributed by atoms with Crippen LogP contribution in [0.5, 0.6) is 11.6 Å². The zero-order valence-corrected chi connectivity index (χ0v) is 11.9. The maximum Gasteiger partial charge on any atom is 0.337 e. The van der Waals surface area contributed by atoms with Gasteiger partial charge in [0.15, 0.2) is 0 Å². The number of aromatic nitrogens is 1. The van der Waals surface area contributed by atoms with Crippen LogP contribution < -0.4 is 4.74 Å². The molecule has 0 unspecified atom stereocenters. The number of hydrogen-bond acceptors (Lipinski definition) is 3. The first-order valence-electron chi connectivity index (χ1n) is 6.14. The smallest absolute Gasteiger partial charge is 0.337 e. The van der Waals surface area contributed by atoms with Crippen molar-refractivity contribution < 1.29 is 14.6 Å². The van der Waals surface area contributed by atoms with Crippen molar-refractivity contribution >= 4 is 17.6 Å². The quantitative estimate of drug-likeness (QED) is 0.910. The van der Waals surface area contributed by atoms with Crippen molar-refractivity contribution in [2.45, 2.75) is 19.8 Å². The van der Waals surface area contributed by atoms with Crippen molar-refractivity contribution in [2.75, 3.05) is 0 Å². The monoisotopic (exact) mass is 291 g/mol. The Bertz CT molecular complexity index is 641. The lowest BCUT2D eigenvalue weighted by molar-refractivity contribution is 0.0696. The third-order valence-electron chi connectivity index (χ3n) is 2.79. The Morgan fingerprint density at radius 3 is 2.70 bits per heavy atom. The molecule has 0 aliphatic rings. The zero-order chi connectivity index (χ0) is 14.7. The van der Waals surface area contributed by atoms with E-state index in [4.69, 9.17) is 21.4 Å². The van der Waals surface area contributed by atoms with E-state index in [1.165, 1.54) is 12.3 Å². The van der Waals surface area contributed by atoms with E-state index in [-0.39, 0.29) is 16.5 Å². The summed E-state index contributed by atoms with van der Waals surface area (Å²) in [6.07, 6.45) is 1.22. The number of hydrogen-bond donors (Lipinski definition) is 1. The predicted octanol–water partition coefficient (Wildman–Crippen LogP) is 4.35. The highest BCUT2D eigenvalue weighted by molar-refractivity contribution is 6.32. The number of ether oxygens (including phenoxy) is 1. The van der Waals surface area contributed by atoms with Crippen LogP contribution in [0, 0.1) is 0 Å². The average molecular weight is 292 g/mol. The van der Waals surface area contributed by atoms with Gasteiger partial charge in [0.1, 0.15) is 10.8 Å². The summed E-state index contributed by atoms with van der Waals surface area (Å²) in [5.74, 6) is 0.121. The van der Waals surface area contributed by atoms with Crippen molar-refractivity contribution in [1.29, 1.82) is 0 Å². The topological polar surface area (TPSA) is 59.4 Å². The Morgan fingerprint density at radius 1 is 1.35 bits per heavy atom. The SMILES string of the molecule is CC(C)c1cccc(Oc2ncc(C(=O)O)cc2Cl)c1. The number of nitrogens with zero attached hydrogens (tertiary/aromatic N) is 1. The zero-order valence-electron chi connectivity index (χ0n) is 11.1. The van der Waals surface area contributed by atoms with Crippen LogP contribution in [0.1, 0.15) is 35.7 Å². The highest BCUT2D eigenvalue weighted by Crippen LogP contribution is 2.29. The van der Waals surface area contributed by atoms with Crippen LogP contribution in [0.2, 0.25) is 5.02 Å². The number of halogens is 1. The number of carboxylic acids is 1. The molecule has 0 atom stereocenters. The van der Waals surface area contributed by atoms with Gasteiger partial charge in [0, 0.05) is 6.20 Å². The lowest BCUT2D eigenvalue weighted by Gasteiger charge is -2.10. The first kappa shape index (κ1) is 14.3. The van der Waals surface area contributed by atoms with Gasteiger partial charge in [-0.2, -0.15) is 0 Å². The van der Waals surface area contributed by atoms with Crippen LogP contribution in [0.25, 0.3) is 0 Å². The van der Waals surface area contributed by atoms with E-state index in [0.29, 0.717) is 11.7 Å². The summed E-state index contributed by atoms with van der Waals surface area (Å²) in [5, 5.41) is 9.01. The van der Waals surface area contributed by atoms with Gasteiger partial charge in [-0.3, -0.25) is 0 Å². The van der Waals surface area contributed by atoms with Gasteiger partial charge >= 0.3 is 5.97 Å². The lowest BCUT2D eigenvalue weighted by Crippen LogP contribution is -1.98. The molecule has 2 rings (SSSR count). The van der Waals surface area contributed by atoms with Crippen LogP contribution in [0.3, 0.4) is 0 Å². The molecule has 0 aliphatic carbocycles. The minimum atomic E-state index is -1.08. The van der Waals surface area contributed by atoms with Crippen molar-refractivity contribution in [3.8, 4) is 11.6 Å². The number of carboxylic acid groups (broad SMARTS) is 1. The minimum absolute atomic E-state index is 0.0262. The van der Waals surface area contributed by atoms with Crippen molar-refractivity contribution in [3.63, 3.8) is 0 Å². The summed E-state index contributed by atoms with van der Waals surface area (Å²) in [4.78, 5) is 14.7. The van der Waals surface area contributed by atoms with Gasteiger partial charge in [-0.05, 0) is 29.7 Å². The van der Waals surface area contributed by atoms with Gasteiger partial charge in [-0.15, -0.1) is 0 Å². The van der Waals surface area contributed by atoms with Gasteiger partial charge < -0.3 is 9.84 Å². The summed E-state index contributed by atoms with van der Waals surface area (Å²) in [6, 6.07) is 8.94. The van der Waals surface area contributed by atoms with Crippen LogP contribution in [-0.2, 0) is 0 Å². The highest BCUT2D eigenvalue weighted by Gasteiger charge is 2.10. The molecule has 0 saturated heterocycles. The molecule has 0 amide bonds.